The van der Waals surface area contributed by atoms with Crippen molar-refractivity contribution in [3.63, 3.8) is 0 Å². The number of aliphatic hydroxyl groups excluding tert-OH is 1. The Labute approximate surface area is 72.2 Å². The van der Waals surface area contributed by atoms with Gasteiger partial charge in [0.15, 0.2) is 0 Å². The lowest BCUT2D eigenvalue weighted by molar-refractivity contribution is 0.270. The maximum absolute atomic E-state index is 8.65. The smallest absolute Gasteiger partial charge is 0.0599 e. The number of para-hydroxylation sites is 1. The molecular weight excluding hydrogens is 152 g/mol. The highest BCUT2D eigenvalue weighted by molar-refractivity contribution is 5.42. The Morgan fingerprint density at radius 2 is 2.00 bits per heavy atom. The van der Waals surface area contributed by atoms with Gasteiger partial charge in [0, 0.05) is 18.3 Å². The highest BCUT2D eigenvalue weighted by atomic mass is 16.3. The van der Waals surface area contributed by atoms with Gasteiger partial charge in [-0.05, 0) is 12.1 Å². The molecule has 0 saturated carbocycles. The third kappa shape index (κ3) is 2.90. The van der Waals surface area contributed by atoms with Crippen molar-refractivity contribution in [2.75, 3.05) is 18.5 Å². The molecule has 0 radical (unpaired) electrons. The van der Waals surface area contributed by atoms with Gasteiger partial charge in [0.25, 0.3) is 0 Å². The first-order chi connectivity index (χ1) is 5.83. The van der Waals surface area contributed by atoms with Gasteiger partial charge in [0.05, 0.1) is 6.61 Å². The van der Waals surface area contributed by atoms with Gasteiger partial charge in [0.1, 0.15) is 0 Å². The van der Waals surface area contributed by atoms with Crippen LogP contribution in [0.5, 0.6) is 0 Å². The topological polar surface area (TPSA) is 58.3 Å². The number of rotatable bonds is 4. The average Bonchev–Trinajstić information content (AvgIpc) is 2.16. The number of hydrogen-bond donors (Lipinski definition) is 3. The van der Waals surface area contributed by atoms with Crippen molar-refractivity contribution in [2.24, 2.45) is 5.73 Å². The van der Waals surface area contributed by atoms with Crippen molar-refractivity contribution in [1.82, 2.24) is 0 Å². The maximum Gasteiger partial charge on any atom is 0.0599 e. The molecule has 0 unspecified atom stereocenters. The Hall–Kier alpha value is -1.06. The summed E-state index contributed by atoms with van der Waals surface area (Å²) >= 11 is 0. The molecule has 0 aliphatic heterocycles. The van der Waals surface area contributed by atoms with Crippen LogP contribution in [0.3, 0.4) is 0 Å². The third-order valence-corrected chi connectivity index (χ3v) is 1.58. The lowest BCUT2D eigenvalue weighted by Crippen LogP contribution is -2.32. The Morgan fingerprint density at radius 3 is 2.58 bits per heavy atom. The van der Waals surface area contributed by atoms with Gasteiger partial charge in [-0.25, -0.2) is 0 Å². The zero-order valence-corrected chi connectivity index (χ0v) is 6.90. The molecular formula is C9H14N2O. The molecule has 0 heterocycles. The van der Waals surface area contributed by atoms with Gasteiger partial charge in [-0.2, -0.15) is 0 Å². The second kappa shape index (κ2) is 4.74. The van der Waals surface area contributed by atoms with Crippen molar-refractivity contribution in [3.8, 4) is 0 Å². The van der Waals surface area contributed by atoms with E-state index in [0.717, 1.165) is 5.69 Å². The number of hydrogen-bond acceptors (Lipinski definition) is 3. The summed E-state index contributed by atoms with van der Waals surface area (Å²) in [6, 6.07) is 9.59. The molecule has 0 aliphatic rings. The predicted octanol–water partition coefficient (Wildman–Crippen LogP) is 0.418. The molecule has 12 heavy (non-hydrogen) atoms. The molecule has 0 aliphatic carbocycles. The molecule has 0 amide bonds. The summed E-state index contributed by atoms with van der Waals surface area (Å²) in [7, 11) is 0. The Bertz CT molecular complexity index is 213. The first kappa shape index (κ1) is 9.03. The first-order valence-corrected chi connectivity index (χ1v) is 3.98. The van der Waals surface area contributed by atoms with Crippen molar-refractivity contribution < 1.29 is 5.11 Å². The Kier molecular flexibility index (Phi) is 3.57. The number of benzene rings is 1. The molecule has 0 aromatic heterocycles. The molecule has 3 nitrogen and oxygen atoms in total. The fraction of sp³-hybridized carbons (Fsp3) is 0.333. The monoisotopic (exact) mass is 166 g/mol. The lowest BCUT2D eigenvalue weighted by Gasteiger charge is -2.10. The maximum atomic E-state index is 8.65. The molecule has 3 heteroatoms. The third-order valence-electron chi connectivity index (χ3n) is 1.58. The van der Waals surface area contributed by atoms with Gasteiger partial charge in [-0.1, -0.05) is 18.2 Å². The minimum Gasteiger partial charge on any atom is -0.395 e. The number of aliphatic hydroxyl groups is 1. The van der Waals surface area contributed by atoms with E-state index in [1.54, 1.807) is 0 Å². The van der Waals surface area contributed by atoms with Crippen molar-refractivity contribution in [2.45, 2.75) is 6.04 Å². The van der Waals surface area contributed by atoms with Gasteiger partial charge >= 0.3 is 0 Å². The van der Waals surface area contributed by atoms with Crippen molar-refractivity contribution >= 4 is 5.69 Å². The summed E-state index contributed by atoms with van der Waals surface area (Å²) in [5, 5.41) is 11.8. The minimum atomic E-state index is -0.190. The second-order valence-corrected chi connectivity index (χ2v) is 2.69. The van der Waals surface area contributed by atoms with Gasteiger partial charge in [-0.15, -0.1) is 0 Å². The van der Waals surface area contributed by atoms with E-state index in [0.29, 0.717) is 6.54 Å². The molecule has 0 bridgehead atoms. The van der Waals surface area contributed by atoms with Crippen LogP contribution in [0.4, 0.5) is 5.69 Å². The van der Waals surface area contributed by atoms with Gasteiger partial charge in [-0.3, -0.25) is 0 Å². The van der Waals surface area contributed by atoms with E-state index in [1.807, 2.05) is 30.3 Å². The van der Waals surface area contributed by atoms with E-state index in [-0.39, 0.29) is 12.6 Å². The normalized spacial score (nSPS) is 12.5. The summed E-state index contributed by atoms with van der Waals surface area (Å²) in [4.78, 5) is 0. The molecule has 0 saturated heterocycles. The molecule has 1 rings (SSSR count). The van der Waals surface area contributed by atoms with Crippen LogP contribution in [0.2, 0.25) is 0 Å². The largest absolute Gasteiger partial charge is 0.395 e. The van der Waals surface area contributed by atoms with Crippen molar-refractivity contribution in [3.05, 3.63) is 30.3 Å². The highest BCUT2D eigenvalue weighted by Gasteiger charge is 1.97. The zero-order chi connectivity index (χ0) is 8.81. The van der Waals surface area contributed by atoms with Gasteiger partial charge < -0.3 is 16.2 Å². The first-order valence-electron chi connectivity index (χ1n) is 3.98. The SMILES string of the molecule is N[C@@H](CO)CNc1ccccc1. The predicted molar refractivity (Wildman–Crippen MR) is 50.0 cm³/mol. The quantitative estimate of drug-likeness (QED) is 0.607. The van der Waals surface area contributed by atoms with Gasteiger partial charge in [0.2, 0.25) is 0 Å². The molecule has 4 N–H and O–H groups in total. The average molecular weight is 166 g/mol. The molecule has 0 spiro atoms. The van der Waals surface area contributed by atoms with Crippen LogP contribution >= 0.6 is 0 Å². The lowest BCUT2D eigenvalue weighted by atomic mass is 10.3. The van der Waals surface area contributed by atoms with E-state index in [9.17, 15) is 0 Å². The van der Waals surface area contributed by atoms with E-state index < -0.39 is 0 Å². The summed E-state index contributed by atoms with van der Waals surface area (Å²) in [6.07, 6.45) is 0. The summed E-state index contributed by atoms with van der Waals surface area (Å²) in [5.74, 6) is 0. The van der Waals surface area contributed by atoms with Crippen LogP contribution in [0.15, 0.2) is 30.3 Å². The summed E-state index contributed by atoms with van der Waals surface area (Å²) in [6.45, 7) is 0.611. The molecule has 0 fully saturated rings. The molecule has 1 aromatic rings. The van der Waals surface area contributed by atoms with E-state index >= 15 is 0 Å². The standard InChI is InChI=1S/C9H14N2O/c10-8(7-12)6-11-9-4-2-1-3-5-9/h1-5,8,11-12H,6-7,10H2/t8-/m1/s1. The number of nitrogens with two attached hydrogens (primary N) is 1. The van der Waals surface area contributed by atoms with Crippen LogP contribution in [0.1, 0.15) is 0 Å². The second-order valence-electron chi connectivity index (χ2n) is 2.69. The van der Waals surface area contributed by atoms with Crippen molar-refractivity contribution in [1.29, 1.82) is 0 Å². The molecule has 1 aromatic carbocycles. The van der Waals surface area contributed by atoms with E-state index in [1.165, 1.54) is 0 Å². The molecule has 66 valence electrons. The van der Waals surface area contributed by atoms with E-state index in [2.05, 4.69) is 5.32 Å². The summed E-state index contributed by atoms with van der Waals surface area (Å²) in [5.41, 5.74) is 6.54. The van der Waals surface area contributed by atoms with Crippen LogP contribution in [-0.4, -0.2) is 24.3 Å². The zero-order valence-electron chi connectivity index (χ0n) is 6.90. The number of nitrogens with one attached hydrogen (secondary N) is 1. The Balaban J connectivity index is 2.33. The summed E-state index contributed by atoms with van der Waals surface area (Å²) < 4.78 is 0. The van der Waals surface area contributed by atoms with Crippen LogP contribution in [-0.2, 0) is 0 Å². The fourth-order valence-corrected chi connectivity index (χ4v) is 0.869. The number of anilines is 1. The van der Waals surface area contributed by atoms with Crippen LogP contribution in [0.25, 0.3) is 0 Å². The van der Waals surface area contributed by atoms with Crippen LogP contribution < -0.4 is 11.1 Å². The minimum absolute atomic E-state index is 0.0137. The highest BCUT2D eigenvalue weighted by Crippen LogP contribution is 2.03. The molecule has 1 atom stereocenters. The fourth-order valence-electron chi connectivity index (χ4n) is 0.869. The Morgan fingerprint density at radius 1 is 1.33 bits per heavy atom. The van der Waals surface area contributed by atoms with E-state index in [4.69, 9.17) is 10.8 Å². The van der Waals surface area contributed by atoms with Crippen LogP contribution in [0, 0.1) is 0 Å².